The number of nitrogens with zero attached hydrogens (tertiary/aromatic N) is 1. The van der Waals surface area contributed by atoms with Gasteiger partial charge in [-0.05, 0) is 44.2 Å². The summed E-state index contributed by atoms with van der Waals surface area (Å²) in [6, 6.07) is 0. The van der Waals surface area contributed by atoms with E-state index in [1.54, 1.807) is 0 Å². The van der Waals surface area contributed by atoms with Gasteiger partial charge in [-0.15, -0.1) is 0 Å². The summed E-state index contributed by atoms with van der Waals surface area (Å²) in [5, 5.41) is 0. The smallest absolute Gasteiger partial charge is 0.000719 e. The fraction of sp³-hybridized carbons (Fsp3) is 1.00. The van der Waals surface area contributed by atoms with Gasteiger partial charge in [0.2, 0.25) is 0 Å². The Morgan fingerprint density at radius 1 is 1.33 bits per heavy atom. The zero-order valence-corrected chi connectivity index (χ0v) is 9.01. The highest BCUT2D eigenvalue weighted by Crippen LogP contribution is 2.25. The predicted molar refractivity (Wildman–Crippen MR) is 54.2 cm³/mol. The third-order valence-electron chi connectivity index (χ3n) is 3.33. The molecule has 1 heterocycles. The van der Waals surface area contributed by atoms with E-state index in [2.05, 4.69) is 32.7 Å². The maximum Gasteiger partial charge on any atom is 0.000719 e. The molecule has 2 atom stereocenters. The van der Waals surface area contributed by atoms with Crippen molar-refractivity contribution in [3.8, 4) is 0 Å². The van der Waals surface area contributed by atoms with Crippen LogP contribution in [0, 0.1) is 17.8 Å². The van der Waals surface area contributed by atoms with Gasteiger partial charge in [0, 0.05) is 6.54 Å². The summed E-state index contributed by atoms with van der Waals surface area (Å²) >= 11 is 0. The molecule has 1 nitrogen and oxygen atoms in total. The highest BCUT2D eigenvalue weighted by atomic mass is 15.1. The topological polar surface area (TPSA) is 3.24 Å². The maximum atomic E-state index is 2.46. The van der Waals surface area contributed by atoms with Crippen LogP contribution in [0.25, 0.3) is 0 Å². The molecular weight excluding hydrogens is 146 g/mol. The predicted octanol–water partition coefficient (Wildman–Crippen LogP) is 2.62. The molecule has 0 aromatic rings. The second-order valence-corrected chi connectivity index (χ2v) is 4.87. The third-order valence-corrected chi connectivity index (χ3v) is 3.33. The minimum atomic E-state index is 0.857. The monoisotopic (exact) mass is 169 g/mol. The first-order chi connectivity index (χ1) is 5.59. The van der Waals surface area contributed by atoms with Crippen molar-refractivity contribution in [1.82, 2.24) is 4.90 Å². The van der Waals surface area contributed by atoms with Crippen LogP contribution >= 0.6 is 0 Å². The van der Waals surface area contributed by atoms with E-state index in [1.165, 1.54) is 25.9 Å². The molecule has 0 N–H and O–H groups in total. The van der Waals surface area contributed by atoms with Crippen molar-refractivity contribution in [2.45, 2.75) is 33.6 Å². The van der Waals surface area contributed by atoms with E-state index in [4.69, 9.17) is 0 Å². The van der Waals surface area contributed by atoms with Crippen LogP contribution in [0.2, 0.25) is 0 Å². The fourth-order valence-corrected chi connectivity index (χ4v) is 2.02. The fourth-order valence-electron chi connectivity index (χ4n) is 2.02. The molecule has 1 fully saturated rings. The number of likely N-dealkylation sites (tertiary alicyclic amines) is 1. The molecule has 2 unspecified atom stereocenters. The Labute approximate surface area is 77.1 Å². The molecule has 0 aromatic carbocycles. The molecule has 1 saturated heterocycles. The summed E-state index contributed by atoms with van der Waals surface area (Å²) < 4.78 is 0. The Kier molecular flexibility index (Phi) is 3.57. The van der Waals surface area contributed by atoms with Gasteiger partial charge >= 0.3 is 0 Å². The third kappa shape index (κ3) is 2.78. The van der Waals surface area contributed by atoms with E-state index in [1.807, 2.05) is 0 Å². The van der Waals surface area contributed by atoms with Gasteiger partial charge in [0.05, 0.1) is 0 Å². The van der Waals surface area contributed by atoms with Crippen LogP contribution in [0.5, 0.6) is 0 Å². The summed E-state index contributed by atoms with van der Waals surface area (Å²) in [6.07, 6.45) is 2.86. The number of hydrogen-bond acceptors (Lipinski definition) is 1. The van der Waals surface area contributed by atoms with Crippen LogP contribution in [-0.4, -0.2) is 25.0 Å². The quantitative estimate of drug-likeness (QED) is 0.628. The molecule has 1 aliphatic heterocycles. The van der Waals surface area contributed by atoms with Crippen molar-refractivity contribution in [1.29, 1.82) is 0 Å². The van der Waals surface area contributed by atoms with E-state index < -0.39 is 0 Å². The molecule has 1 rings (SSSR count). The molecule has 1 heteroatoms. The second-order valence-electron chi connectivity index (χ2n) is 4.87. The van der Waals surface area contributed by atoms with Gasteiger partial charge in [-0.1, -0.05) is 20.8 Å². The van der Waals surface area contributed by atoms with Crippen molar-refractivity contribution < 1.29 is 0 Å². The summed E-state index contributed by atoms with van der Waals surface area (Å²) in [5.74, 6) is 2.74. The van der Waals surface area contributed by atoms with Gasteiger partial charge in [0.15, 0.2) is 0 Å². The van der Waals surface area contributed by atoms with Gasteiger partial charge < -0.3 is 4.90 Å². The molecule has 0 aliphatic carbocycles. The van der Waals surface area contributed by atoms with Crippen molar-refractivity contribution >= 4 is 0 Å². The first-order valence-electron chi connectivity index (χ1n) is 5.28. The SMILES string of the molecule is CC(C)C(C)CC1CCN(C)C1. The average molecular weight is 169 g/mol. The normalized spacial score (nSPS) is 28.2. The average Bonchev–Trinajstić information content (AvgIpc) is 2.35. The van der Waals surface area contributed by atoms with Gasteiger partial charge in [0.1, 0.15) is 0 Å². The van der Waals surface area contributed by atoms with Gasteiger partial charge in [-0.3, -0.25) is 0 Å². The number of hydrogen-bond donors (Lipinski definition) is 0. The van der Waals surface area contributed by atoms with E-state index in [0.29, 0.717) is 0 Å². The number of rotatable bonds is 3. The summed E-state index contributed by atoms with van der Waals surface area (Å²) in [5.41, 5.74) is 0. The Balaban J connectivity index is 2.23. The van der Waals surface area contributed by atoms with Crippen molar-refractivity contribution in [3.05, 3.63) is 0 Å². The van der Waals surface area contributed by atoms with Crippen LogP contribution in [-0.2, 0) is 0 Å². The second kappa shape index (κ2) is 4.27. The molecule has 72 valence electrons. The first-order valence-corrected chi connectivity index (χ1v) is 5.28. The molecule has 0 saturated carbocycles. The van der Waals surface area contributed by atoms with Crippen LogP contribution in [0.4, 0.5) is 0 Å². The first kappa shape index (κ1) is 10.0. The van der Waals surface area contributed by atoms with E-state index >= 15 is 0 Å². The molecule has 12 heavy (non-hydrogen) atoms. The van der Waals surface area contributed by atoms with Crippen molar-refractivity contribution in [2.24, 2.45) is 17.8 Å². The Morgan fingerprint density at radius 3 is 2.42 bits per heavy atom. The van der Waals surface area contributed by atoms with E-state index in [-0.39, 0.29) is 0 Å². The Morgan fingerprint density at radius 2 is 2.00 bits per heavy atom. The standard InChI is InChI=1S/C11H23N/c1-9(2)10(3)7-11-5-6-12(4)8-11/h9-11H,5-8H2,1-4H3. The minimum Gasteiger partial charge on any atom is -0.306 e. The lowest BCUT2D eigenvalue weighted by atomic mass is 9.87. The van der Waals surface area contributed by atoms with Crippen molar-refractivity contribution in [3.63, 3.8) is 0 Å². The lowest BCUT2D eigenvalue weighted by Crippen LogP contribution is -2.16. The summed E-state index contributed by atoms with van der Waals surface area (Å²) in [6.45, 7) is 9.71. The highest BCUT2D eigenvalue weighted by molar-refractivity contribution is 4.75. The van der Waals surface area contributed by atoms with Gasteiger partial charge in [-0.25, -0.2) is 0 Å². The molecular formula is C11H23N. The van der Waals surface area contributed by atoms with E-state index in [9.17, 15) is 0 Å². The zero-order valence-electron chi connectivity index (χ0n) is 9.01. The van der Waals surface area contributed by atoms with Crippen LogP contribution in [0.15, 0.2) is 0 Å². The van der Waals surface area contributed by atoms with Crippen molar-refractivity contribution in [2.75, 3.05) is 20.1 Å². The summed E-state index contributed by atoms with van der Waals surface area (Å²) in [7, 11) is 2.24. The van der Waals surface area contributed by atoms with Crippen LogP contribution < -0.4 is 0 Å². The van der Waals surface area contributed by atoms with Crippen LogP contribution in [0.1, 0.15) is 33.6 Å². The van der Waals surface area contributed by atoms with Crippen LogP contribution in [0.3, 0.4) is 0 Å². The molecule has 0 aromatic heterocycles. The molecule has 0 amide bonds. The zero-order chi connectivity index (χ0) is 9.14. The molecule has 0 radical (unpaired) electrons. The minimum absolute atomic E-state index is 0.857. The molecule has 0 bridgehead atoms. The largest absolute Gasteiger partial charge is 0.306 e. The molecule has 0 spiro atoms. The van der Waals surface area contributed by atoms with E-state index in [0.717, 1.165) is 17.8 Å². The van der Waals surface area contributed by atoms with Gasteiger partial charge in [0.25, 0.3) is 0 Å². The Hall–Kier alpha value is -0.0400. The molecule has 1 aliphatic rings. The lowest BCUT2D eigenvalue weighted by Gasteiger charge is -2.19. The maximum absolute atomic E-state index is 2.46. The highest BCUT2D eigenvalue weighted by Gasteiger charge is 2.22. The van der Waals surface area contributed by atoms with Gasteiger partial charge in [-0.2, -0.15) is 0 Å². The lowest BCUT2D eigenvalue weighted by molar-refractivity contribution is 0.311. The Bertz CT molecular complexity index is 131. The summed E-state index contributed by atoms with van der Waals surface area (Å²) in [4.78, 5) is 2.46.